The van der Waals surface area contributed by atoms with Gasteiger partial charge in [-0.25, -0.2) is 8.42 Å². The summed E-state index contributed by atoms with van der Waals surface area (Å²) in [5.74, 6) is 0.191. The van der Waals surface area contributed by atoms with Crippen molar-refractivity contribution in [2.75, 3.05) is 13.1 Å². The molecule has 1 aromatic carbocycles. The number of aromatic amines is 1. The van der Waals surface area contributed by atoms with Gasteiger partial charge in [-0.15, -0.1) is 0 Å². The molecule has 1 aliphatic rings. The summed E-state index contributed by atoms with van der Waals surface area (Å²) in [6, 6.07) is 11.4. The molecule has 0 aliphatic carbocycles. The van der Waals surface area contributed by atoms with Crippen molar-refractivity contribution in [2.24, 2.45) is 0 Å². The third-order valence-corrected chi connectivity index (χ3v) is 5.47. The predicted octanol–water partition coefficient (Wildman–Crippen LogP) is 2.59. The van der Waals surface area contributed by atoms with Gasteiger partial charge in [-0.3, -0.25) is 5.10 Å². The van der Waals surface area contributed by atoms with E-state index in [9.17, 15) is 8.42 Å². The normalized spacial score (nSPS) is 20.5. The van der Waals surface area contributed by atoms with Gasteiger partial charge in [0.15, 0.2) is 0 Å². The van der Waals surface area contributed by atoms with Crippen LogP contribution in [0.25, 0.3) is 6.08 Å². The number of aromatic nitrogens is 2. The van der Waals surface area contributed by atoms with Crippen molar-refractivity contribution in [3.8, 4) is 0 Å². The molecule has 22 heavy (non-hydrogen) atoms. The zero-order valence-electron chi connectivity index (χ0n) is 12.2. The highest BCUT2D eigenvalue weighted by atomic mass is 32.2. The molecule has 1 N–H and O–H groups in total. The third-order valence-electron chi connectivity index (χ3n) is 3.94. The second-order valence-corrected chi connectivity index (χ2v) is 7.29. The molecule has 2 heterocycles. The molecular formula is C16H19N3O2S. The number of rotatable bonds is 4. The van der Waals surface area contributed by atoms with Gasteiger partial charge in [-0.1, -0.05) is 30.3 Å². The topological polar surface area (TPSA) is 66.1 Å². The van der Waals surface area contributed by atoms with E-state index in [1.54, 1.807) is 16.6 Å². The summed E-state index contributed by atoms with van der Waals surface area (Å²) in [6.07, 6.45) is 5.20. The number of H-pyrrole nitrogens is 1. The van der Waals surface area contributed by atoms with Crippen LogP contribution in [0, 0.1) is 0 Å². The zero-order chi connectivity index (χ0) is 15.4. The first-order valence-corrected chi connectivity index (χ1v) is 8.88. The van der Waals surface area contributed by atoms with Crippen molar-refractivity contribution in [2.45, 2.75) is 18.8 Å². The minimum absolute atomic E-state index is 0.191. The van der Waals surface area contributed by atoms with Gasteiger partial charge in [-0.2, -0.15) is 9.40 Å². The maximum atomic E-state index is 12.5. The fourth-order valence-electron chi connectivity index (χ4n) is 2.74. The van der Waals surface area contributed by atoms with Crippen molar-refractivity contribution in [1.82, 2.24) is 14.5 Å². The SMILES string of the molecule is O=S(=O)(/C=C/c1ccccc1)N1CCCC(c2ccn[nH]2)C1. The highest BCUT2D eigenvalue weighted by molar-refractivity contribution is 7.92. The van der Waals surface area contributed by atoms with E-state index in [-0.39, 0.29) is 5.92 Å². The van der Waals surface area contributed by atoms with Gasteiger partial charge in [0.05, 0.1) is 0 Å². The Morgan fingerprint density at radius 2 is 2.05 bits per heavy atom. The summed E-state index contributed by atoms with van der Waals surface area (Å²) in [6.45, 7) is 1.08. The number of sulfonamides is 1. The minimum atomic E-state index is -3.39. The second-order valence-electron chi connectivity index (χ2n) is 5.47. The average molecular weight is 317 g/mol. The molecule has 1 aromatic heterocycles. The van der Waals surface area contributed by atoms with Crippen LogP contribution in [0.1, 0.15) is 30.0 Å². The van der Waals surface area contributed by atoms with Gasteiger partial charge in [-0.05, 0) is 30.5 Å². The smallest absolute Gasteiger partial charge is 0.236 e. The summed E-state index contributed by atoms with van der Waals surface area (Å²) in [5.41, 5.74) is 1.89. The molecule has 3 rings (SSSR count). The van der Waals surface area contributed by atoms with Crippen molar-refractivity contribution >= 4 is 16.1 Å². The van der Waals surface area contributed by atoms with E-state index in [0.717, 1.165) is 24.1 Å². The predicted molar refractivity (Wildman–Crippen MR) is 86.5 cm³/mol. The van der Waals surface area contributed by atoms with Crippen LogP contribution in [0.15, 0.2) is 48.0 Å². The Balaban J connectivity index is 1.73. The number of benzene rings is 1. The maximum absolute atomic E-state index is 12.5. The Labute approximate surface area is 130 Å². The molecule has 5 nitrogen and oxygen atoms in total. The van der Waals surface area contributed by atoms with Crippen LogP contribution >= 0.6 is 0 Å². The maximum Gasteiger partial charge on any atom is 0.236 e. The molecule has 0 amide bonds. The summed E-state index contributed by atoms with van der Waals surface area (Å²) < 4.78 is 26.5. The van der Waals surface area contributed by atoms with E-state index < -0.39 is 10.0 Å². The van der Waals surface area contributed by atoms with Crippen LogP contribution in [-0.4, -0.2) is 36.0 Å². The van der Waals surface area contributed by atoms with Crippen molar-refractivity contribution in [3.05, 3.63) is 59.3 Å². The minimum Gasteiger partial charge on any atom is -0.282 e. The van der Waals surface area contributed by atoms with Gasteiger partial charge in [0.1, 0.15) is 0 Å². The van der Waals surface area contributed by atoms with E-state index in [2.05, 4.69) is 10.2 Å². The Morgan fingerprint density at radius 1 is 1.23 bits per heavy atom. The van der Waals surface area contributed by atoms with Crippen molar-refractivity contribution in [3.63, 3.8) is 0 Å². The molecule has 1 fully saturated rings. The van der Waals surface area contributed by atoms with E-state index >= 15 is 0 Å². The Morgan fingerprint density at radius 3 is 2.77 bits per heavy atom. The molecule has 0 radical (unpaired) electrons. The molecule has 1 saturated heterocycles. The summed E-state index contributed by atoms with van der Waals surface area (Å²) in [5, 5.41) is 8.20. The highest BCUT2D eigenvalue weighted by Crippen LogP contribution is 2.27. The summed E-state index contributed by atoms with van der Waals surface area (Å²) >= 11 is 0. The van der Waals surface area contributed by atoms with Gasteiger partial charge in [0.25, 0.3) is 0 Å². The highest BCUT2D eigenvalue weighted by Gasteiger charge is 2.28. The monoisotopic (exact) mass is 317 g/mol. The largest absolute Gasteiger partial charge is 0.282 e. The van der Waals surface area contributed by atoms with Crippen LogP contribution in [0.4, 0.5) is 0 Å². The van der Waals surface area contributed by atoms with Gasteiger partial charge in [0.2, 0.25) is 10.0 Å². The van der Waals surface area contributed by atoms with Crippen LogP contribution in [-0.2, 0) is 10.0 Å². The number of nitrogens with one attached hydrogen (secondary N) is 1. The van der Waals surface area contributed by atoms with Gasteiger partial charge >= 0.3 is 0 Å². The van der Waals surface area contributed by atoms with Crippen LogP contribution in [0.5, 0.6) is 0 Å². The van der Waals surface area contributed by atoms with E-state index in [1.807, 2.05) is 36.4 Å². The van der Waals surface area contributed by atoms with Gasteiger partial charge < -0.3 is 0 Å². The van der Waals surface area contributed by atoms with E-state index in [0.29, 0.717) is 13.1 Å². The summed E-state index contributed by atoms with van der Waals surface area (Å²) in [7, 11) is -3.39. The number of nitrogens with zero attached hydrogens (tertiary/aromatic N) is 2. The first-order chi connectivity index (χ1) is 10.6. The molecular weight excluding hydrogens is 298 g/mol. The number of hydrogen-bond donors (Lipinski definition) is 1. The van der Waals surface area contributed by atoms with Crippen LogP contribution in [0.2, 0.25) is 0 Å². The van der Waals surface area contributed by atoms with Crippen molar-refractivity contribution in [1.29, 1.82) is 0 Å². The number of piperidine rings is 1. The Bertz CT molecular complexity index is 724. The van der Waals surface area contributed by atoms with Crippen LogP contribution < -0.4 is 0 Å². The molecule has 0 bridgehead atoms. The lowest BCUT2D eigenvalue weighted by Gasteiger charge is -2.30. The quantitative estimate of drug-likeness (QED) is 0.942. The molecule has 2 aromatic rings. The Kier molecular flexibility index (Phi) is 4.40. The van der Waals surface area contributed by atoms with E-state index in [1.165, 1.54) is 5.41 Å². The molecule has 0 saturated carbocycles. The second kappa shape index (κ2) is 6.46. The third kappa shape index (κ3) is 3.45. The lowest BCUT2D eigenvalue weighted by atomic mass is 9.96. The standard InChI is InChI=1S/C16H19N3O2S/c20-22(21,12-9-14-5-2-1-3-6-14)19-11-4-7-15(13-19)16-8-10-17-18-16/h1-3,5-6,8-10,12,15H,4,7,11,13H2,(H,17,18)/b12-9+. The fourth-order valence-corrected chi connectivity index (χ4v) is 4.01. The number of hydrogen-bond acceptors (Lipinski definition) is 3. The molecule has 1 atom stereocenters. The lowest BCUT2D eigenvalue weighted by Crippen LogP contribution is -2.38. The molecule has 0 spiro atoms. The Hall–Kier alpha value is -1.92. The summed E-state index contributed by atoms with van der Waals surface area (Å²) in [4.78, 5) is 0. The molecule has 116 valence electrons. The van der Waals surface area contributed by atoms with Crippen molar-refractivity contribution < 1.29 is 8.42 Å². The van der Waals surface area contributed by atoms with Gasteiger partial charge in [0, 0.05) is 36.3 Å². The lowest BCUT2D eigenvalue weighted by molar-refractivity contribution is 0.315. The first-order valence-electron chi connectivity index (χ1n) is 7.38. The fraction of sp³-hybridized carbons (Fsp3) is 0.312. The average Bonchev–Trinajstić information content (AvgIpc) is 3.09. The van der Waals surface area contributed by atoms with E-state index in [4.69, 9.17) is 0 Å². The first kappa shape index (κ1) is 15.0. The molecule has 1 unspecified atom stereocenters. The zero-order valence-corrected chi connectivity index (χ0v) is 13.0. The molecule has 1 aliphatic heterocycles. The molecule has 6 heteroatoms. The van der Waals surface area contributed by atoms with Crippen LogP contribution in [0.3, 0.4) is 0 Å².